The standard InChI is InChI=1S/C26H28O6/c1-3-5-22-23(13-12-21(16(2)27)25(22)29)32-15-17-8-10-18(11-9-17)24(28)19-6-4-7-20(14-19)26(30)31/h4,6-11,13-14,21,24,28-29H,3,5,12,15H2,1-2H3,(H,30,31)/t21?,24-/m1/s1. The zero-order chi connectivity index (χ0) is 23.3. The third-order valence-electron chi connectivity index (χ3n) is 5.61. The maximum atomic E-state index is 11.8. The highest BCUT2D eigenvalue weighted by molar-refractivity contribution is 5.87. The Balaban J connectivity index is 1.69. The lowest BCUT2D eigenvalue weighted by Gasteiger charge is -2.24. The van der Waals surface area contributed by atoms with Gasteiger partial charge in [-0.05, 0) is 54.7 Å². The highest BCUT2D eigenvalue weighted by Gasteiger charge is 2.28. The number of ether oxygens (including phenoxy) is 1. The monoisotopic (exact) mass is 436 g/mol. The van der Waals surface area contributed by atoms with Crippen molar-refractivity contribution in [2.24, 2.45) is 5.92 Å². The molecule has 32 heavy (non-hydrogen) atoms. The fourth-order valence-corrected chi connectivity index (χ4v) is 3.79. The van der Waals surface area contributed by atoms with Crippen molar-refractivity contribution in [2.75, 3.05) is 0 Å². The summed E-state index contributed by atoms with van der Waals surface area (Å²) in [6.45, 7) is 3.77. The highest BCUT2D eigenvalue weighted by Crippen LogP contribution is 2.33. The SMILES string of the molecule is CCCC1=C(O)C(C(C)=O)CC=C1OCc1ccc([C@@H](O)c2cccc(C(=O)O)c2)cc1. The molecule has 0 saturated heterocycles. The molecule has 0 bridgehead atoms. The van der Waals surface area contributed by atoms with E-state index in [1.165, 1.54) is 19.1 Å². The Hall–Kier alpha value is -3.38. The second-order valence-corrected chi connectivity index (χ2v) is 7.94. The molecule has 2 aromatic carbocycles. The molecule has 1 aliphatic rings. The largest absolute Gasteiger partial charge is 0.511 e. The molecule has 2 aromatic rings. The van der Waals surface area contributed by atoms with E-state index in [0.29, 0.717) is 35.3 Å². The number of Topliss-reactive ketones (excluding diaryl/α,β-unsaturated/α-hetero) is 1. The zero-order valence-corrected chi connectivity index (χ0v) is 18.2. The van der Waals surface area contributed by atoms with E-state index in [0.717, 1.165) is 12.0 Å². The average molecular weight is 437 g/mol. The van der Waals surface area contributed by atoms with Crippen LogP contribution in [-0.2, 0) is 16.1 Å². The van der Waals surface area contributed by atoms with Crippen molar-refractivity contribution in [3.05, 3.63) is 94.0 Å². The van der Waals surface area contributed by atoms with Crippen molar-refractivity contribution in [3.8, 4) is 0 Å². The Labute approximate surface area is 187 Å². The first-order chi connectivity index (χ1) is 15.3. The molecule has 0 heterocycles. The number of hydrogen-bond acceptors (Lipinski definition) is 5. The Morgan fingerprint density at radius 3 is 2.47 bits per heavy atom. The number of hydrogen-bond donors (Lipinski definition) is 3. The van der Waals surface area contributed by atoms with E-state index in [2.05, 4.69) is 0 Å². The van der Waals surface area contributed by atoms with Crippen LogP contribution in [0.25, 0.3) is 0 Å². The summed E-state index contributed by atoms with van der Waals surface area (Å²) < 4.78 is 5.96. The summed E-state index contributed by atoms with van der Waals surface area (Å²) >= 11 is 0. The lowest BCUT2D eigenvalue weighted by Crippen LogP contribution is -2.19. The van der Waals surface area contributed by atoms with E-state index in [1.54, 1.807) is 24.3 Å². The van der Waals surface area contributed by atoms with Crippen LogP contribution >= 0.6 is 0 Å². The van der Waals surface area contributed by atoms with Gasteiger partial charge >= 0.3 is 5.97 Å². The van der Waals surface area contributed by atoms with Crippen LogP contribution in [0.5, 0.6) is 0 Å². The normalized spacial score (nSPS) is 17.0. The summed E-state index contributed by atoms with van der Waals surface area (Å²) in [6.07, 6.45) is 2.79. The molecule has 168 valence electrons. The number of carbonyl (C=O) groups excluding carboxylic acids is 1. The van der Waals surface area contributed by atoms with E-state index >= 15 is 0 Å². The number of carbonyl (C=O) groups is 2. The molecule has 0 spiro atoms. The maximum Gasteiger partial charge on any atom is 0.335 e. The lowest BCUT2D eigenvalue weighted by atomic mass is 9.88. The predicted octanol–water partition coefficient (Wildman–Crippen LogP) is 5.09. The van der Waals surface area contributed by atoms with Gasteiger partial charge in [-0.25, -0.2) is 4.79 Å². The zero-order valence-electron chi connectivity index (χ0n) is 18.2. The van der Waals surface area contributed by atoms with Crippen LogP contribution in [0.15, 0.2) is 71.7 Å². The molecule has 0 radical (unpaired) electrons. The number of ketones is 1. The maximum absolute atomic E-state index is 11.8. The van der Waals surface area contributed by atoms with E-state index in [1.807, 2.05) is 25.1 Å². The van der Waals surface area contributed by atoms with Crippen molar-refractivity contribution in [3.63, 3.8) is 0 Å². The average Bonchev–Trinajstić information content (AvgIpc) is 2.79. The molecule has 3 N–H and O–H groups in total. The Morgan fingerprint density at radius 2 is 1.84 bits per heavy atom. The second kappa shape index (κ2) is 10.3. The molecule has 3 rings (SSSR count). The van der Waals surface area contributed by atoms with Crippen molar-refractivity contribution in [1.29, 1.82) is 0 Å². The van der Waals surface area contributed by atoms with Crippen LogP contribution in [0, 0.1) is 5.92 Å². The number of aromatic carboxylic acids is 1. The van der Waals surface area contributed by atoms with E-state index in [4.69, 9.17) is 9.84 Å². The number of carboxylic acid groups (broad SMARTS) is 1. The third kappa shape index (κ3) is 5.26. The van der Waals surface area contributed by atoms with E-state index < -0.39 is 18.0 Å². The quantitative estimate of drug-likeness (QED) is 0.506. The molecule has 0 fully saturated rings. The minimum Gasteiger partial charge on any atom is -0.511 e. The third-order valence-corrected chi connectivity index (χ3v) is 5.61. The lowest BCUT2D eigenvalue weighted by molar-refractivity contribution is -0.120. The topological polar surface area (TPSA) is 104 Å². The molecule has 6 heteroatoms. The number of aliphatic hydroxyl groups excluding tert-OH is 2. The Morgan fingerprint density at radius 1 is 1.12 bits per heavy atom. The molecule has 0 amide bonds. The van der Waals surface area contributed by atoms with Crippen molar-refractivity contribution < 1.29 is 29.6 Å². The number of aliphatic hydroxyl groups is 2. The number of allylic oxidation sites excluding steroid dienone is 3. The summed E-state index contributed by atoms with van der Waals surface area (Å²) in [7, 11) is 0. The van der Waals surface area contributed by atoms with Gasteiger partial charge in [0, 0.05) is 5.57 Å². The van der Waals surface area contributed by atoms with Gasteiger partial charge < -0.3 is 20.1 Å². The number of carboxylic acids is 1. The van der Waals surface area contributed by atoms with Crippen LogP contribution in [0.4, 0.5) is 0 Å². The first-order valence-electron chi connectivity index (χ1n) is 10.7. The second-order valence-electron chi connectivity index (χ2n) is 7.94. The van der Waals surface area contributed by atoms with Gasteiger partial charge in [-0.2, -0.15) is 0 Å². The number of benzene rings is 2. The highest BCUT2D eigenvalue weighted by atomic mass is 16.5. The molecule has 0 aromatic heterocycles. The summed E-state index contributed by atoms with van der Waals surface area (Å²) in [5, 5.41) is 30.3. The molecule has 6 nitrogen and oxygen atoms in total. The van der Waals surface area contributed by atoms with Gasteiger partial charge in [0.15, 0.2) is 0 Å². The molecule has 0 aliphatic heterocycles. The van der Waals surface area contributed by atoms with Crippen LogP contribution in [-0.4, -0.2) is 27.1 Å². The fourth-order valence-electron chi connectivity index (χ4n) is 3.79. The first-order valence-corrected chi connectivity index (χ1v) is 10.7. The van der Waals surface area contributed by atoms with Crippen LogP contribution in [0.3, 0.4) is 0 Å². The van der Waals surface area contributed by atoms with Crippen molar-refractivity contribution >= 4 is 11.8 Å². The molecule has 1 aliphatic carbocycles. The molecular formula is C26H28O6. The van der Waals surface area contributed by atoms with Gasteiger partial charge in [-0.15, -0.1) is 0 Å². The van der Waals surface area contributed by atoms with E-state index in [-0.39, 0.29) is 23.7 Å². The summed E-state index contributed by atoms with van der Waals surface area (Å²) in [5.41, 5.74) is 2.83. The minimum atomic E-state index is -1.04. The van der Waals surface area contributed by atoms with Gasteiger partial charge in [0.1, 0.15) is 30.0 Å². The van der Waals surface area contributed by atoms with E-state index in [9.17, 15) is 19.8 Å². The first kappa shape index (κ1) is 23.3. The van der Waals surface area contributed by atoms with Gasteiger partial charge in [0.25, 0.3) is 0 Å². The Bertz CT molecular complexity index is 1050. The molecule has 0 saturated carbocycles. The van der Waals surface area contributed by atoms with Crippen LogP contribution in [0.1, 0.15) is 66.3 Å². The van der Waals surface area contributed by atoms with Gasteiger partial charge in [-0.3, -0.25) is 4.79 Å². The molecular weight excluding hydrogens is 408 g/mol. The van der Waals surface area contributed by atoms with Crippen LogP contribution in [0.2, 0.25) is 0 Å². The van der Waals surface area contributed by atoms with Crippen molar-refractivity contribution in [1.82, 2.24) is 0 Å². The molecule has 2 atom stereocenters. The minimum absolute atomic E-state index is 0.0607. The van der Waals surface area contributed by atoms with Crippen molar-refractivity contribution in [2.45, 2.75) is 45.8 Å². The predicted molar refractivity (Wildman–Crippen MR) is 120 cm³/mol. The van der Waals surface area contributed by atoms with Crippen LogP contribution < -0.4 is 0 Å². The van der Waals surface area contributed by atoms with Gasteiger partial charge in [0.05, 0.1) is 11.5 Å². The summed E-state index contributed by atoms with van der Waals surface area (Å²) in [4.78, 5) is 22.9. The number of rotatable bonds is 9. The summed E-state index contributed by atoms with van der Waals surface area (Å²) in [5.74, 6) is -0.880. The smallest absolute Gasteiger partial charge is 0.335 e. The van der Waals surface area contributed by atoms with Gasteiger partial charge in [0.2, 0.25) is 0 Å². The molecule has 1 unspecified atom stereocenters. The fraction of sp³-hybridized carbons (Fsp3) is 0.308. The summed E-state index contributed by atoms with van der Waals surface area (Å²) in [6, 6.07) is 13.5. The van der Waals surface area contributed by atoms with Gasteiger partial charge in [-0.1, -0.05) is 49.7 Å². The Kier molecular flexibility index (Phi) is 7.49.